The molecule has 3 N–H and O–H groups in total. The molecule has 0 radical (unpaired) electrons. The molecule has 2 atom stereocenters. The molecule has 1 aliphatic heterocycles. The zero-order valence-electron chi connectivity index (χ0n) is 14.4. The van der Waals surface area contributed by atoms with Crippen LogP contribution in [0.1, 0.15) is 31.4 Å². The summed E-state index contributed by atoms with van der Waals surface area (Å²) in [7, 11) is 3.17. The van der Waals surface area contributed by atoms with Gasteiger partial charge in [-0.15, -0.1) is 0 Å². The Morgan fingerprint density at radius 1 is 1.33 bits per heavy atom. The summed E-state index contributed by atoms with van der Waals surface area (Å²) in [6.07, 6.45) is 1.53. The summed E-state index contributed by atoms with van der Waals surface area (Å²) < 4.78 is 10.6. The number of methoxy groups -OCH3 is 2. The molecule has 7 heteroatoms. The fraction of sp³-hybridized carbons (Fsp3) is 0.529. The van der Waals surface area contributed by atoms with Crippen molar-refractivity contribution in [3.8, 4) is 11.5 Å². The summed E-state index contributed by atoms with van der Waals surface area (Å²) in [5.74, 6) is 1.03. The van der Waals surface area contributed by atoms with Crippen LogP contribution in [-0.2, 0) is 4.79 Å². The number of urea groups is 1. The molecule has 1 aromatic rings. The van der Waals surface area contributed by atoms with Crippen molar-refractivity contribution in [1.82, 2.24) is 10.2 Å². The van der Waals surface area contributed by atoms with Gasteiger partial charge in [-0.25, -0.2) is 4.79 Å². The van der Waals surface area contributed by atoms with Gasteiger partial charge in [0, 0.05) is 24.7 Å². The van der Waals surface area contributed by atoms with E-state index in [0.717, 1.165) is 18.4 Å². The molecule has 1 aromatic carbocycles. The Hall–Kier alpha value is -2.44. The van der Waals surface area contributed by atoms with Gasteiger partial charge >= 0.3 is 6.03 Å². The maximum absolute atomic E-state index is 12.5. The van der Waals surface area contributed by atoms with E-state index in [1.54, 1.807) is 20.3 Å². The van der Waals surface area contributed by atoms with Crippen LogP contribution in [-0.4, -0.2) is 44.1 Å². The lowest BCUT2D eigenvalue weighted by atomic mass is 9.96. The first kappa shape index (κ1) is 17.9. The lowest BCUT2D eigenvalue weighted by Gasteiger charge is -2.31. The van der Waals surface area contributed by atoms with Crippen molar-refractivity contribution in [1.29, 1.82) is 0 Å². The highest BCUT2D eigenvalue weighted by Gasteiger charge is 2.28. The monoisotopic (exact) mass is 335 g/mol. The predicted octanol–water partition coefficient (Wildman–Crippen LogP) is 1.67. The Balaban J connectivity index is 2.04. The molecule has 0 aliphatic carbocycles. The number of nitrogens with zero attached hydrogens (tertiary/aromatic N) is 1. The number of ether oxygens (including phenoxy) is 2. The standard InChI is InChI=1S/C17H25N3O4/c1-11(14-7-6-13(23-2)9-15(14)24-3)19-16(21)12-5-4-8-20(10-12)17(18)22/h6-7,9,11-12H,4-5,8,10H2,1-3H3,(H2,18,22)(H,19,21)/t11-,12-/m0/s1. The van der Waals surface area contributed by atoms with Gasteiger partial charge in [-0.3, -0.25) is 4.79 Å². The highest BCUT2D eigenvalue weighted by molar-refractivity contribution is 5.81. The van der Waals surface area contributed by atoms with Gasteiger partial charge in [0.25, 0.3) is 0 Å². The van der Waals surface area contributed by atoms with Crippen LogP contribution in [0, 0.1) is 5.92 Å². The van der Waals surface area contributed by atoms with E-state index in [4.69, 9.17) is 15.2 Å². The van der Waals surface area contributed by atoms with Gasteiger partial charge in [-0.2, -0.15) is 0 Å². The van der Waals surface area contributed by atoms with Gasteiger partial charge in [-0.1, -0.05) is 0 Å². The molecule has 2 rings (SSSR count). The van der Waals surface area contributed by atoms with Crippen LogP contribution >= 0.6 is 0 Å². The zero-order valence-corrected chi connectivity index (χ0v) is 14.4. The minimum atomic E-state index is -0.475. The summed E-state index contributed by atoms with van der Waals surface area (Å²) in [5, 5.41) is 3.00. The second-order valence-corrected chi connectivity index (χ2v) is 5.96. The average molecular weight is 335 g/mol. The van der Waals surface area contributed by atoms with E-state index in [1.165, 1.54) is 4.90 Å². The molecule has 0 spiro atoms. The third-order valence-corrected chi connectivity index (χ3v) is 4.37. The summed E-state index contributed by atoms with van der Waals surface area (Å²) >= 11 is 0. The molecule has 0 unspecified atom stereocenters. The van der Waals surface area contributed by atoms with E-state index >= 15 is 0 Å². The zero-order chi connectivity index (χ0) is 17.7. The molecule has 0 aromatic heterocycles. The lowest BCUT2D eigenvalue weighted by Crippen LogP contribution is -2.47. The topological polar surface area (TPSA) is 93.9 Å². The summed E-state index contributed by atoms with van der Waals surface area (Å²) in [5.41, 5.74) is 6.18. The molecule has 1 saturated heterocycles. The van der Waals surface area contributed by atoms with Gasteiger partial charge < -0.3 is 25.4 Å². The molecule has 132 valence electrons. The number of benzene rings is 1. The van der Waals surface area contributed by atoms with Gasteiger partial charge in [0.05, 0.1) is 26.2 Å². The number of primary amides is 1. The first-order chi connectivity index (χ1) is 11.5. The summed E-state index contributed by atoms with van der Waals surface area (Å²) in [6, 6.07) is 4.79. The van der Waals surface area contributed by atoms with E-state index < -0.39 is 6.03 Å². The fourth-order valence-electron chi connectivity index (χ4n) is 2.98. The highest BCUT2D eigenvalue weighted by atomic mass is 16.5. The van der Waals surface area contributed by atoms with Crippen LogP contribution in [0.25, 0.3) is 0 Å². The second kappa shape index (κ2) is 7.90. The molecule has 1 heterocycles. The van der Waals surface area contributed by atoms with Crippen molar-refractivity contribution in [2.75, 3.05) is 27.3 Å². The molecule has 3 amide bonds. The molecule has 7 nitrogen and oxygen atoms in total. The highest BCUT2D eigenvalue weighted by Crippen LogP contribution is 2.29. The van der Waals surface area contributed by atoms with E-state index in [2.05, 4.69) is 5.32 Å². The Labute approximate surface area is 142 Å². The summed E-state index contributed by atoms with van der Waals surface area (Å²) in [6.45, 7) is 2.88. The van der Waals surface area contributed by atoms with Gasteiger partial charge in [0.15, 0.2) is 0 Å². The van der Waals surface area contributed by atoms with Crippen LogP contribution in [0.4, 0.5) is 4.79 Å². The van der Waals surface area contributed by atoms with E-state index in [9.17, 15) is 9.59 Å². The lowest BCUT2D eigenvalue weighted by molar-refractivity contribution is -0.126. The van der Waals surface area contributed by atoms with Crippen LogP contribution in [0.5, 0.6) is 11.5 Å². The maximum Gasteiger partial charge on any atom is 0.314 e. The van der Waals surface area contributed by atoms with Gasteiger partial charge in [-0.05, 0) is 31.9 Å². The second-order valence-electron chi connectivity index (χ2n) is 5.96. The van der Waals surface area contributed by atoms with Gasteiger partial charge in [0.1, 0.15) is 11.5 Å². The SMILES string of the molecule is COc1ccc([C@H](C)NC(=O)[C@H]2CCCN(C(N)=O)C2)c(OC)c1. The number of carbonyl (C=O) groups is 2. The number of rotatable bonds is 5. The van der Waals surface area contributed by atoms with E-state index in [0.29, 0.717) is 24.6 Å². The number of amides is 3. The molecule has 1 fully saturated rings. The van der Waals surface area contributed by atoms with Crippen molar-refractivity contribution < 1.29 is 19.1 Å². The number of hydrogen-bond acceptors (Lipinski definition) is 4. The van der Waals surface area contributed by atoms with Crippen LogP contribution in [0.2, 0.25) is 0 Å². The molecule has 0 saturated carbocycles. The predicted molar refractivity (Wildman–Crippen MR) is 90.0 cm³/mol. The quantitative estimate of drug-likeness (QED) is 0.856. The fourth-order valence-corrected chi connectivity index (χ4v) is 2.98. The van der Waals surface area contributed by atoms with E-state index in [1.807, 2.05) is 19.1 Å². The number of carbonyl (C=O) groups excluding carboxylic acids is 2. The Morgan fingerprint density at radius 3 is 2.71 bits per heavy atom. The van der Waals surface area contributed by atoms with Gasteiger partial charge in [0.2, 0.25) is 5.91 Å². The van der Waals surface area contributed by atoms with Crippen LogP contribution < -0.4 is 20.5 Å². The van der Waals surface area contributed by atoms with E-state index in [-0.39, 0.29) is 17.9 Å². The minimum Gasteiger partial charge on any atom is -0.497 e. The number of piperidine rings is 1. The minimum absolute atomic E-state index is 0.0775. The number of nitrogens with two attached hydrogens (primary N) is 1. The van der Waals surface area contributed by atoms with Crippen LogP contribution in [0.15, 0.2) is 18.2 Å². The molecule has 24 heavy (non-hydrogen) atoms. The number of hydrogen-bond donors (Lipinski definition) is 2. The van der Waals surface area contributed by atoms with Crippen molar-refractivity contribution in [3.05, 3.63) is 23.8 Å². The largest absolute Gasteiger partial charge is 0.497 e. The number of likely N-dealkylation sites (tertiary alicyclic amines) is 1. The molecule has 1 aliphatic rings. The number of nitrogens with one attached hydrogen (secondary N) is 1. The van der Waals surface area contributed by atoms with Crippen molar-refractivity contribution in [3.63, 3.8) is 0 Å². The Bertz CT molecular complexity index is 605. The third kappa shape index (κ3) is 4.10. The molecular weight excluding hydrogens is 310 g/mol. The van der Waals surface area contributed by atoms with Crippen molar-refractivity contribution in [2.24, 2.45) is 11.7 Å². The molecule has 0 bridgehead atoms. The smallest absolute Gasteiger partial charge is 0.314 e. The third-order valence-electron chi connectivity index (χ3n) is 4.37. The summed E-state index contributed by atoms with van der Waals surface area (Å²) in [4.78, 5) is 25.3. The molecular formula is C17H25N3O4. The maximum atomic E-state index is 12.5. The first-order valence-corrected chi connectivity index (χ1v) is 8.03. The van der Waals surface area contributed by atoms with Crippen molar-refractivity contribution in [2.45, 2.75) is 25.8 Å². The van der Waals surface area contributed by atoms with Crippen molar-refractivity contribution >= 4 is 11.9 Å². The first-order valence-electron chi connectivity index (χ1n) is 8.03. The van der Waals surface area contributed by atoms with Crippen LogP contribution in [0.3, 0.4) is 0 Å². The Morgan fingerprint density at radius 2 is 2.08 bits per heavy atom. The Kier molecular flexibility index (Phi) is 5.89. The average Bonchev–Trinajstić information content (AvgIpc) is 2.60. The normalized spacial score (nSPS) is 18.6.